The molecule has 0 unspecified atom stereocenters. The molecule has 0 bridgehead atoms. The zero-order valence-electron chi connectivity index (χ0n) is 14.1. The fraction of sp³-hybridized carbons (Fsp3) is 0.100. The smallest absolute Gasteiger partial charge is 0.205 e. The second-order valence-corrected chi connectivity index (χ2v) is 6.11. The van der Waals surface area contributed by atoms with Crippen molar-refractivity contribution in [2.45, 2.75) is 12.1 Å². The first-order valence-electron chi connectivity index (χ1n) is 7.98. The van der Waals surface area contributed by atoms with E-state index in [-0.39, 0.29) is 5.75 Å². The molecule has 0 heterocycles. The Labute approximate surface area is 153 Å². The molecule has 27 heavy (non-hydrogen) atoms. The summed E-state index contributed by atoms with van der Waals surface area (Å²) in [6.07, 6.45) is 5.97. The van der Waals surface area contributed by atoms with Gasteiger partial charge in [-0.3, -0.25) is 0 Å². The summed E-state index contributed by atoms with van der Waals surface area (Å²) >= 11 is 0. The van der Waals surface area contributed by atoms with Gasteiger partial charge in [0.05, 0.1) is 11.2 Å². The molecule has 0 fully saturated rings. The third-order valence-corrected chi connectivity index (χ3v) is 4.12. The zero-order valence-corrected chi connectivity index (χ0v) is 14.1. The zero-order chi connectivity index (χ0) is 19.8. The van der Waals surface area contributed by atoms with E-state index < -0.39 is 40.2 Å². The maximum atomic E-state index is 14.2. The first-order valence-corrected chi connectivity index (χ1v) is 7.98. The molecule has 0 spiro atoms. The molecule has 0 aliphatic heterocycles. The molecule has 2 aromatic rings. The largest absolute Gasteiger partial charge is 0.450 e. The first-order chi connectivity index (χ1) is 12.7. The van der Waals surface area contributed by atoms with E-state index in [4.69, 9.17) is 16.2 Å². The molecular formula is C20H16F4N2O. The lowest BCUT2D eigenvalue weighted by molar-refractivity contribution is 0.364. The Morgan fingerprint density at radius 2 is 1.63 bits per heavy atom. The Morgan fingerprint density at radius 3 is 2.19 bits per heavy atom. The van der Waals surface area contributed by atoms with Crippen LogP contribution >= 0.6 is 0 Å². The number of nitrogens with two attached hydrogens (primary N) is 2. The highest BCUT2D eigenvalue weighted by Crippen LogP contribution is 2.37. The van der Waals surface area contributed by atoms with Crippen molar-refractivity contribution >= 4 is 11.6 Å². The van der Waals surface area contributed by atoms with Gasteiger partial charge in [0.25, 0.3) is 0 Å². The Balaban J connectivity index is 2.06. The molecule has 2 aromatic carbocycles. The van der Waals surface area contributed by atoms with Gasteiger partial charge < -0.3 is 16.2 Å². The van der Waals surface area contributed by atoms with E-state index in [0.29, 0.717) is 23.6 Å². The average Bonchev–Trinajstić information content (AvgIpc) is 2.65. The fourth-order valence-electron chi connectivity index (χ4n) is 2.67. The SMILES string of the molecule is C=Cc1c(F)c(F)c(Oc2ccccc2C2=CCC(N)(N)C=C2)c(F)c1F. The van der Waals surface area contributed by atoms with E-state index in [2.05, 4.69) is 6.58 Å². The molecule has 0 radical (unpaired) electrons. The van der Waals surface area contributed by atoms with E-state index in [1.807, 2.05) is 0 Å². The van der Waals surface area contributed by atoms with Crippen LogP contribution in [0.4, 0.5) is 17.6 Å². The van der Waals surface area contributed by atoms with Crippen LogP contribution in [0.2, 0.25) is 0 Å². The highest BCUT2D eigenvalue weighted by atomic mass is 19.2. The number of hydrogen-bond acceptors (Lipinski definition) is 3. The lowest BCUT2D eigenvalue weighted by atomic mass is 9.93. The summed E-state index contributed by atoms with van der Waals surface area (Å²) < 4.78 is 61.6. The molecule has 3 rings (SSSR count). The molecule has 0 amide bonds. The van der Waals surface area contributed by atoms with Crippen molar-refractivity contribution in [3.8, 4) is 11.5 Å². The van der Waals surface area contributed by atoms with Crippen molar-refractivity contribution in [3.63, 3.8) is 0 Å². The second kappa shape index (κ2) is 7.02. The van der Waals surface area contributed by atoms with Crippen molar-refractivity contribution in [2.75, 3.05) is 0 Å². The Bertz CT molecular complexity index is 951. The van der Waals surface area contributed by atoms with Gasteiger partial charge in [0.1, 0.15) is 5.75 Å². The Morgan fingerprint density at radius 1 is 1.00 bits per heavy atom. The van der Waals surface area contributed by atoms with Gasteiger partial charge in [-0.05, 0) is 17.7 Å². The summed E-state index contributed by atoms with van der Waals surface area (Å²) in [5, 5.41) is 0. The third kappa shape index (κ3) is 3.51. The molecule has 3 nitrogen and oxygen atoms in total. The predicted molar refractivity (Wildman–Crippen MR) is 95.7 cm³/mol. The lowest BCUT2D eigenvalue weighted by Crippen LogP contribution is -2.47. The van der Waals surface area contributed by atoms with Crippen LogP contribution in [-0.4, -0.2) is 5.66 Å². The van der Waals surface area contributed by atoms with Crippen LogP contribution in [0.5, 0.6) is 11.5 Å². The summed E-state index contributed by atoms with van der Waals surface area (Å²) in [4.78, 5) is 0. The van der Waals surface area contributed by atoms with Crippen molar-refractivity contribution in [2.24, 2.45) is 11.5 Å². The van der Waals surface area contributed by atoms with Crippen LogP contribution in [0.3, 0.4) is 0 Å². The normalized spacial score (nSPS) is 15.4. The maximum absolute atomic E-state index is 14.2. The van der Waals surface area contributed by atoms with Gasteiger partial charge in [-0.1, -0.05) is 43.0 Å². The van der Waals surface area contributed by atoms with Crippen molar-refractivity contribution in [1.29, 1.82) is 0 Å². The summed E-state index contributed by atoms with van der Waals surface area (Å²) in [6, 6.07) is 6.29. The quantitative estimate of drug-likeness (QED) is 0.464. The summed E-state index contributed by atoms with van der Waals surface area (Å²) in [5.74, 6) is -7.61. The van der Waals surface area contributed by atoms with Crippen LogP contribution in [0.25, 0.3) is 11.6 Å². The van der Waals surface area contributed by atoms with Crippen molar-refractivity contribution in [3.05, 3.63) is 83.5 Å². The molecule has 140 valence electrons. The van der Waals surface area contributed by atoms with Crippen LogP contribution in [0.15, 0.2) is 49.1 Å². The monoisotopic (exact) mass is 376 g/mol. The van der Waals surface area contributed by atoms with E-state index in [1.165, 1.54) is 6.07 Å². The maximum Gasteiger partial charge on any atom is 0.205 e. The number of benzene rings is 2. The Hall–Kier alpha value is -2.90. The summed E-state index contributed by atoms with van der Waals surface area (Å²) in [7, 11) is 0. The summed E-state index contributed by atoms with van der Waals surface area (Å²) in [5.41, 5.74) is 10.8. The highest BCUT2D eigenvalue weighted by molar-refractivity contribution is 5.79. The molecule has 0 saturated carbocycles. The number of allylic oxidation sites excluding steroid dienone is 2. The third-order valence-electron chi connectivity index (χ3n) is 4.12. The predicted octanol–water partition coefficient (Wildman–Crippen LogP) is 4.64. The lowest BCUT2D eigenvalue weighted by Gasteiger charge is -2.23. The molecule has 0 aromatic heterocycles. The highest BCUT2D eigenvalue weighted by Gasteiger charge is 2.27. The summed E-state index contributed by atoms with van der Waals surface area (Å²) in [6.45, 7) is 3.15. The van der Waals surface area contributed by atoms with E-state index in [9.17, 15) is 17.6 Å². The average molecular weight is 376 g/mol. The van der Waals surface area contributed by atoms with Crippen molar-refractivity contribution < 1.29 is 22.3 Å². The van der Waals surface area contributed by atoms with Gasteiger partial charge in [0, 0.05) is 12.0 Å². The second-order valence-electron chi connectivity index (χ2n) is 6.11. The standard InChI is InChI=1S/C20H16F4N2O/c1-2-12-15(21)17(23)19(18(24)16(12)22)27-14-6-4-3-5-13(14)11-7-9-20(25,26)10-8-11/h2-9H,1,10,25-26H2. The van der Waals surface area contributed by atoms with E-state index in [1.54, 1.807) is 36.4 Å². The number of rotatable bonds is 4. The molecule has 0 saturated heterocycles. The fourth-order valence-corrected chi connectivity index (χ4v) is 2.67. The van der Waals surface area contributed by atoms with Gasteiger partial charge >= 0.3 is 0 Å². The van der Waals surface area contributed by atoms with Crippen LogP contribution < -0.4 is 16.2 Å². The number of hydrogen-bond donors (Lipinski definition) is 2. The minimum Gasteiger partial charge on any atom is -0.450 e. The van der Waals surface area contributed by atoms with Gasteiger partial charge in [-0.15, -0.1) is 0 Å². The van der Waals surface area contributed by atoms with Gasteiger partial charge in [-0.2, -0.15) is 8.78 Å². The van der Waals surface area contributed by atoms with E-state index in [0.717, 1.165) is 0 Å². The number of halogens is 4. The topological polar surface area (TPSA) is 61.3 Å². The molecular weight excluding hydrogens is 360 g/mol. The number of para-hydroxylation sites is 1. The first kappa shape index (κ1) is 18.9. The molecule has 1 aliphatic carbocycles. The van der Waals surface area contributed by atoms with E-state index >= 15 is 0 Å². The van der Waals surface area contributed by atoms with Gasteiger partial charge in [-0.25, -0.2) is 8.78 Å². The molecule has 1 aliphatic rings. The molecule has 4 N–H and O–H groups in total. The molecule has 0 atom stereocenters. The molecule has 7 heteroatoms. The van der Waals surface area contributed by atoms with Crippen LogP contribution in [0.1, 0.15) is 17.5 Å². The van der Waals surface area contributed by atoms with Crippen LogP contribution in [0, 0.1) is 23.3 Å². The minimum absolute atomic E-state index is 0.0119. The Kier molecular flexibility index (Phi) is 4.91. The van der Waals surface area contributed by atoms with Crippen LogP contribution in [-0.2, 0) is 0 Å². The van der Waals surface area contributed by atoms with Crippen molar-refractivity contribution in [1.82, 2.24) is 0 Å². The van der Waals surface area contributed by atoms with Gasteiger partial charge in [0.15, 0.2) is 11.6 Å². The van der Waals surface area contributed by atoms with Gasteiger partial charge in [0.2, 0.25) is 17.4 Å². The number of ether oxygens (including phenoxy) is 1. The minimum atomic E-state index is -1.64.